The van der Waals surface area contributed by atoms with Crippen molar-refractivity contribution in [3.63, 3.8) is 0 Å². The lowest BCUT2D eigenvalue weighted by Crippen LogP contribution is -2.05. The molecular weight excluding hydrogens is 1080 g/mol. The van der Waals surface area contributed by atoms with E-state index >= 15 is 0 Å². The van der Waals surface area contributed by atoms with Gasteiger partial charge in [-0.1, -0.05) is 13.2 Å². The van der Waals surface area contributed by atoms with Crippen LogP contribution in [0.15, 0.2) is 64.0 Å². The highest BCUT2D eigenvalue weighted by Crippen LogP contribution is 2.49. The average molecular weight is 1090 g/mol. The van der Waals surface area contributed by atoms with Gasteiger partial charge in [-0.2, -0.15) is 0 Å². The molecule has 0 unspecified atom stereocenters. The molecule has 0 radical (unpaired) electrons. The maximum absolute atomic E-state index is 11.2. The molecule has 0 bridgehead atoms. The first-order valence-corrected chi connectivity index (χ1v) is 15.4. The van der Waals surface area contributed by atoms with E-state index in [-0.39, 0.29) is 5.57 Å². The molecule has 0 aliphatic carbocycles. The van der Waals surface area contributed by atoms with Crippen molar-refractivity contribution in [2.45, 2.75) is 0 Å². The second kappa shape index (κ2) is 13.8. The summed E-state index contributed by atoms with van der Waals surface area (Å²) in [4.78, 5) is 22.1. The van der Waals surface area contributed by atoms with E-state index < -0.39 is 11.9 Å². The summed E-state index contributed by atoms with van der Waals surface area (Å²) < 4.78 is 12.2. The molecule has 0 spiro atoms. The fourth-order valence-electron chi connectivity index (χ4n) is 1.79. The third-order valence-electron chi connectivity index (χ3n) is 3.31. The molecule has 172 valence electrons. The van der Waals surface area contributed by atoms with Gasteiger partial charge in [0.05, 0.1) is 23.5 Å². The highest BCUT2D eigenvalue weighted by Gasteiger charge is 2.22. The van der Waals surface area contributed by atoms with Crippen molar-refractivity contribution in [3.8, 4) is 5.75 Å². The van der Waals surface area contributed by atoms with Crippen LogP contribution in [0.3, 0.4) is 0 Å². The van der Waals surface area contributed by atoms with Gasteiger partial charge < -0.3 is 9.84 Å². The van der Waals surface area contributed by atoms with Gasteiger partial charge in [0, 0.05) is 38.5 Å². The van der Waals surface area contributed by atoms with E-state index in [1.54, 1.807) is 0 Å². The molecular formula is C18H6Br10O4. The molecule has 0 atom stereocenters. The molecule has 0 amide bonds. The zero-order valence-corrected chi connectivity index (χ0v) is 30.8. The lowest BCUT2D eigenvalue weighted by Gasteiger charge is -2.13. The molecule has 2 aromatic carbocycles. The minimum Gasteiger partial charge on any atom is -0.478 e. The molecule has 0 aromatic heterocycles. The number of benzene rings is 2. The van der Waals surface area contributed by atoms with Crippen molar-refractivity contribution in [2.75, 3.05) is 0 Å². The number of carboxylic acids is 1. The summed E-state index contributed by atoms with van der Waals surface area (Å²) in [6, 6.07) is 0. The summed E-state index contributed by atoms with van der Waals surface area (Å²) in [5, 5.41) is 8.95. The number of esters is 1. The van der Waals surface area contributed by atoms with Gasteiger partial charge in [-0.25, -0.2) is 9.59 Å². The van der Waals surface area contributed by atoms with Crippen molar-refractivity contribution in [1.82, 2.24) is 0 Å². The quantitative estimate of drug-likeness (QED) is 0.109. The molecule has 0 fully saturated rings. The Labute approximate surface area is 267 Å². The lowest BCUT2D eigenvalue weighted by molar-refractivity contribution is -0.130. The maximum Gasteiger partial charge on any atom is 0.335 e. The van der Waals surface area contributed by atoms with Crippen LogP contribution in [0.25, 0.3) is 5.57 Å². The van der Waals surface area contributed by atoms with E-state index in [1.807, 2.05) is 0 Å². The smallest absolute Gasteiger partial charge is 0.335 e. The van der Waals surface area contributed by atoms with Crippen LogP contribution in [0, 0.1) is 0 Å². The van der Waals surface area contributed by atoms with Crippen molar-refractivity contribution in [2.24, 2.45) is 0 Å². The number of aliphatic carboxylic acids is 1. The number of ether oxygens (including phenoxy) is 1. The third kappa shape index (κ3) is 7.34. The third-order valence-corrected chi connectivity index (χ3v) is 15.4. The topological polar surface area (TPSA) is 63.6 Å². The number of hydrogen-bond acceptors (Lipinski definition) is 3. The van der Waals surface area contributed by atoms with E-state index in [9.17, 15) is 9.59 Å². The van der Waals surface area contributed by atoms with Crippen LogP contribution in [-0.4, -0.2) is 17.0 Å². The monoisotopic (exact) mass is 1080 g/mol. The highest BCUT2D eigenvalue weighted by molar-refractivity contribution is 9.16. The van der Waals surface area contributed by atoms with Crippen molar-refractivity contribution < 1.29 is 19.4 Å². The second-order valence-corrected chi connectivity index (χ2v) is 13.2. The SMILES string of the molecule is C=C(C(=O)O)c1c(Br)c(Br)c(Br)c(Br)c1Br.C=CC(=O)Oc1c(Br)c(Br)c(Br)c(Br)c1Br. The first kappa shape index (κ1) is 31.7. The van der Waals surface area contributed by atoms with E-state index in [0.29, 0.717) is 29.2 Å². The van der Waals surface area contributed by atoms with Crippen LogP contribution in [0.4, 0.5) is 0 Å². The first-order chi connectivity index (χ1) is 14.7. The Kier molecular flexibility index (Phi) is 13.7. The molecule has 2 aromatic rings. The molecule has 0 aliphatic heterocycles. The Balaban J connectivity index is 0.000000320. The first-order valence-electron chi connectivity index (χ1n) is 7.48. The van der Waals surface area contributed by atoms with Gasteiger partial charge in [0.1, 0.15) is 0 Å². The zero-order chi connectivity index (χ0) is 25.1. The summed E-state index contributed by atoms with van der Waals surface area (Å²) in [7, 11) is 0. The van der Waals surface area contributed by atoms with Crippen molar-refractivity contribution >= 4 is 177 Å². The van der Waals surface area contributed by atoms with Gasteiger partial charge in [0.25, 0.3) is 0 Å². The van der Waals surface area contributed by atoms with Crippen molar-refractivity contribution in [1.29, 1.82) is 0 Å². The lowest BCUT2D eigenvalue weighted by atomic mass is 10.1. The molecule has 4 nitrogen and oxygen atoms in total. The normalized spacial score (nSPS) is 10.2. The molecule has 2 rings (SSSR count). The number of hydrogen-bond donors (Lipinski definition) is 1. The van der Waals surface area contributed by atoms with E-state index in [4.69, 9.17) is 9.84 Å². The van der Waals surface area contributed by atoms with Crippen LogP contribution in [-0.2, 0) is 9.59 Å². The predicted molar refractivity (Wildman–Crippen MR) is 162 cm³/mol. The number of halogens is 10. The Bertz CT molecular complexity index is 1080. The predicted octanol–water partition coefficient (Wildman–Crippen LogP) is 11.2. The van der Waals surface area contributed by atoms with E-state index in [0.717, 1.165) is 32.9 Å². The molecule has 32 heavy (non-hydrogen) atoms. The fraction of sp³-hybridized carbons (Fsp3) is 0. The van der Waals surface area contributed by atoms with Crippen LogP contribution in [0.1, 0.15) is 5.56 Å². The zero-order valence-electron chi connectivity index (χ0n) is 14.9. The van der Waals surface area contributed by atoms with Gasteiger partial charge in [-0.15, -0.1) is 0 Å². The van der Waals surface area contributed by atoms with Gasteiger partial charge in [-0.3, -0.25) is 0 Å². The van der Waals surface area contributed by atoms with Crippen molar-refractivity contribution in [3.05, 3.63) is 69.5 Å². The largest absolute Gasteiger partial charge is 0.478 e. The Morgan fingerprint density at radius 2 is 0.969 bits per heavy atom. The number of carboxylic acid groups (broad SMARTS) is 1. The van der Waals surface area contributed by atoms with Crippen LogP contribution < -0.4 is 4.74 Å². The fourth-order valence-corrected chi connectivity index (χ4v) is 8.49. The highest BCUT2D eigenvalue weighted by atomic mass is 79.9. The van der Waals surface area contributed by atoms with E-state index in [1.165, 1.54) is 0 Å². The molecule has 1 N–H and O–H groups in total. The van der Waals surface area contributed by atoms with Crippen LogP contribution >= 0.6 is 159 Å². The maximum atomic E-state index is 11.2. The standard InChI is InChI=1S/2C9H3Br5O2/c1-2-3(15)16-9-7(13)5(11)4(10)6(12)8(9)14;1-2(9(15)16)3-4(10)6(12)8(14)7(13)5(3)11/h2H,1H2;1H2,(H,15,16). The van der Waals surface area contributed by atoms with E-state index in [2.05, 4.69) is 172 Å². The van der Waals surface area contributed by atoms with Crippen LogP contribution in [0.2, 0.25) is 0 Å². The number of carbonyl (C=O) groups is 2. The number of carbonyl (C=O) groups excluding carboxylic acids is 1. The van der Waals surface area contributed by atoms with Gasteiger partial charge in [0.2, 0.25) is 0 Å². The van der Waals surface area contributed by atoms with Crippen LogP contribution in [0.5, 0.6) is 5.75 Å². The molecule has 0 aliphatic rings. The summed E-state index contributed by atoms with van der Waals surface area (Å²) in [5.74, 6) is -1.21. The van der Waals surface area contributed by atoms with Gasteiger partial charge in [0.15, 0.2) is 5.75 Å². The Hall–Kier alpha value is 1.66. The summed E-state index contributed by atoms with van der Waals surface area (Å²) in [6.07, 6.45) is 1.10. The van der Waals surface area contributed by atoms with Gasteiger partial charge >= 0.3 is 11.9 Å². The Morgan fingerprint density at radius 3 is 1.28 bits per heavy atom. The molecule has 0 saturated heterocycles. The summed E-state index contributed by atoms with van der Waals surface area (Å²) in [5.41, 5.74) is 0.502. The Morgan fingerprint density at radius 1 is 0.656 bits per heavy atom. The second-order valence-electron chi connectivity index (χ2n) is 5.25. The van der Waals surface area contributed by atoms with Gasteiger partial charge in [-0.05, 0) is 159 Å². The minimum absolute atomic E-state index is 0.00708. The number of rotatable bonds is 4. The molecule has 14 heteroatoms. The average Bonchev–Trinajstić information content (AvgIpc) is 2.76. The molecule has 0 saturated carbocycles. The summed E-state index contributed by atoms with van der Waals surface area (Å²) >= 11 is 33.5. The minimum atomic E-state index is -1.07. The molecule has 0 heterocycles. The summed E-state index contributed by atoms with van der Waals surface area (Å²) in [6.45, 7) is 6.88.